The summed E-state index contributed by atoms with van der Waals surface area (Å²) in [6, 6.07) is 0. The molecule has 0 aliphatic carbocycles. The van der Waals surface area contributed by atoms with Gasteiger partial charge in [0.2, 0.25) is 5.91 Å². The van der Waals surface area contributed by atoms with Crippen molar-refractivity contribution in [1.29, 1.82) is 0 Å². The van der Waals surface area contributed by atoms with Crippen LogP contribution in [0.3, 0.4) is 0 Å². The zero-order valence-electron chi connectivity index (χ0n) is 8.95. The maximum absolute atomic E-state index is 12.1. The molecule has 0 aromatic heterocycles. The predicted molar refractivity (Wildman–Crippen MR) is 59.0 cm³/mol. The summed E-state index contributed by atoms with van der Waals surface area (Å²) in [6.07, 6.45) is 3.14. The first kappa shape index (κ1) is 11.2. The number of rotatable bonds is 2. The third-order valence-electron chi connectivity index (χ3n) is 3.33. The average molecular weight is 232 g/mol. The van der Waals surface area contributed by atoms with Gasteiger partial charge in [-0.25, -0.2) is 0 Å². The van der Waals surface area contributed by atoms with Crippen LogP contribution in [0.15, 0.2) is 0 Å². The van der Waals surface area contributed by atoms with E-state index < -0.39 is 0 Å². The van der Waals surface area contributed by atoms with Gasteiger partial charge in [-0.1, -0.05) is 0 Å². The fourth-order valence-electron chi connectivity index (χ4n) is 2.38. The van der Waals surface area contributed by atoms with Crippen LogP contribution in [-0.2, 0) is 9.53 Å². The average Bonchev–Trinajstić information content (AvgIpc) is 2.81. The number of hydrogen-bond donors (Lipinski definition) is 0. The van der Waals surface area contributed by atoms with Gasteiger partial charge < -0.3 is 9.64 Å². The Bertz CT molecular complexity index is 229. The van der Waals surface area contributed by atoms with Gasteiger partial charge in [-0.3, -0.25) is 4.79 Å². The first-order valence-corrected chi connectivity index (χ1v) is 6.27. The van der Waals surface area contributed by atoms with Gasteiger partial charge in [-0.15, -0.1) is 11.6 Å². The predicted octanol–water partition coefficient (Wildman–Crippen LogP) is 1.50. The van der Waals surface area contributed by atoms with Gasteiger partial charge >= 0.3 is 0 Å². The largest absolute Gasteiger partial charge is 0.381 e. The van der Waals surface area contributed by atoms with Crippen molar-refractivity contribution in [2.75, 3.05) is 32.2 Å². The molecule has 0 aromatic carbocycles. The number of ether oxygens (including phenoxy) is 1. The first-order chi connectivity index (χ1) is 7.31. The Hall–Kier alpha value is -0.280. The smallest absolute Gasteiger partial charge is 0.228 e. The van der Waals surface area contributed by atoms with Crippen LogP contribution in [0, 0.1) is 11.8 Å². The van der Waals surface area contributed by atoms with Crippen LogP contribution in [0.4, 0.5) is 0 Å². The van der Waals surface area contributed by atoms with Crippen molar-refractivity contribution >= 4 is 17.5 Å². The lowest BCUT2D eigenvalue weighted by atomic mass is 9.98. The lowest BCUT2D eigenvalue weighted by molar-refractivity contribution is -0.137. The van der Waals surface area contributed by atoms with E-state index in [4.69, 9.17) is 16.3 Å². The summed E-state index contributed by atoms with van der Waals surface area (Å²) in [5, 5.41) is 0. The quantitative estimate of drug-likeness (QED) is 0.675. The molecule has 2 atom stereocenters. The van der Waals surface area contributed by atoms with Gasteiger partial charge in [0.05, 0.1) is 12.5 Å². The number of nitrogens with zero attached hydrogens (tertiary/aromatic N) is 1. The van der Waals surface area contributed by atoms with Crippen LogP contribution in [0.25, 0.3) is 0 Å². The standard InChI is InChI=1S/C11H18ClNO2/c12-6-9-2-1-4-13(7-9)11(14)10-3-5-15-8-10/h9-10H,1-8H2. The second-order valence-electron chi connectivity index (χ2n) is 4.51. The lowest BCUT2D eigenvalue weighted by Gasteiger charge is -2.33. The molecule has 2 unspecified atom stereocenters. The van der Waals surface area contributed by atoms with Crippen molar-refractivity contribution in [3.05, 3.63) is 0 Å². The summed E-state index contributed by atoms with van der Waals surface area (Å²) in [7, 11) is 0. The number of amides is 1. The number of piperidine rings is 1. The number of hydrogen-bond acceptors (Lipinski definition) is 2. The Kier molecular flexibility index (Phi) is 3.87. The third kappa shape index (κ3) is 2.64. The summed E-state index contributed by atoms with van der Waals surface area (Å²) >= 11 is 5.85. The SMILES string of the molecule is O=C(C1CCOC1)N1CCCC(CCl)C1. The monoisotopic (exact) mass is 231 g/mol. The molecule has 15 heavy (non-hydrogen) atoms. The fraction of sp³-hybridized carbons (Fsp3) is 0.909. The van der Waals surface area contributed by atoms with E-state index in [1.54, 1.807) is 0 Å². The van der Waals surface area contributed by atoms with Crippen molar-refractivity contribution < 1.29 is 9.53 Å². The normalized spacial score (nSPS) is 31.9. The van der Waals surface area contributed by atoms with E-state index in [0.717, 1.165) is 39.0 Å². The van der Waals surface area contributed by atoms with E-state index in [-0.39, 0.29) is 11.8 Å². The number of carbonyl (C=O) groups excluding carboxylic acids is 1. The Morgan fingerprint density at radius 1 is 1.47 bits per heavy atom. The molecule has 2 aliphatic heterocycles. The topological polar surface area (TPSA) is 29.5 Å². The van der Waals surface area contributed by atoms with E-state index in [9.17, 15) is 4.79 Å². The molecule has 2 fully saturated rings. The molecule has 0 saturated carbocycles. The molecular formula is C11H18ClNO2. The molecular weight excluding hydrogens is 214 g/mol. The molecule has 1 amide bonds. The molecule has 2 aliphatic rings. The fourth-order valence-corrected chi connectivity index (χ4v) is 2.63. The zero-order chi connectivity index (χ0) is 10.7. The van der Waals surface area contributed by atoms with Gasteiger partial charge in [0.25, 0.3) is 0 Å². The minimum atomic E-state index is 0.110. The Morgan fingerprint density at radius 3 is 3.00 bits per heavy atom. The second-order valence-corrected chi connectivity index (χ2v) is 4.82. The molecule has 0 bridgehead atoms. The van der Waals surface area contributed by atoms with Gasteiger partial charge in [-0.2, -0.15) is 0 Å². The third-order valence-corrected chi connectivity index (χ3v) is 3.76. The van der Waals surface area contributed by atoms with Crippen LogP contribution in [-0.4, -0.2) is 43.0 Å². The van der Waals surface area contributed by atoms with E-state index in [2.05, 4.69) is 0 Å². The molecule has 2 saturated heterocycles. The van der Waals surface area contributed by atoms with Crippen LogP contribution in [0.1, 0.15) is 19.3 Å². The van der Waals surface area contributed by atoms with Gasteiger partial charge in [0.15, 0.2) is 0 Å². The lowest BCUT2D eigenvalue weighted by Crippen LogP contribution is -2.43. The highest BCUT2D eigenvalue weighted by molar-refractivity contribution is 6.18. The van der Waals surface area contributed by atoms with Crippen LogP contribution in [0.5, 0.6) is 0 Å². The molecule has 0 radical (unpaired) electrons. The van der Waals surface area contributed by atoms with Crippen LogP contribution >= 0.6 is 11.6 Å². The molecule has 4 heteroatoms. The summed E-state index contributed by atoms with van der Waals surface area (Å²) in [5.74, 6) is 1.55. The van der Waals surface area contributed by atoms with Gasteiger partial charge in [0, 0.05) is 25.6 Å². The number of carbonyl (C=O) groups is 1. The maximum Gasteiger partial charge on any atom is 0.228 e. The molecule has 2 rings (SSSR count). The van der Waals surface area contributed by atoms with Crippen molar-refractivity contribution in [3.8, 4) is 0 Å². The van der Waals surface area contributed by atoms with E-state index in [1.807, 2.05) is 4.90 Å². The number of likely N-dealkylation sites (tertiary alicyclic amines) is 1. The Labute approximate surface area is 95.7 Å². The van der Waals surface area contributed by atoms with Crippen molar-refractivity contribution in [1.82, 2.24) is 4.90 Å². The molecule has 0 aromatic rings. The highest BCUT2D eigenvalue weighted by atomic mass is 35.5. The second kappa shape index (κ2) is 5.17. The molecule has 0 N–H and O–H groups in total. The number of halogens is 1. The molecule has 2 heterocycles. The Morgan fingerprint density at radius 2 is 2.33 bits per heavy atom. The van der Waals surface area contributed by atoms with Crippen LogP contribution < -0.4 is 0 Å². The summed E-state index contributed by atoms with van der Waals surface area (Å²) in [4.78, 5) is 14.0. The molecule has 3 nitrogen and oxygen atoms in total. The van der Waals surface area contributed by atoms with Crippen molar-refractivity contribution in [2.24, 2.45) is 11.8 Å². The number of alkyl halides is 1. The van der Waals surface area contributed by atoms with E-state index in [0.29, 0.717) is 18.4 Å². The highest BCUT2D eigenvalue weighted by Crippen LogP contribution is 2.22. The summed E-state index contributed by atoms with van der Waals surface area (Å²) < 4.78 is 5.25. The van der Waals surface area contributed by atoms with Gasteiger partial charge in [-0.05, 0) is 25.2 Å². The summed E-state index contributed by atoms with van der Waals surface area (Å²) in [5.41, 5.74) is 0. The summed E-state index contributed by atoms with van der Waals surface area (Å²) in [6.45, 7) is 3.10. The Balaban J connectivity index is 1.88. The minimum Gasteiger partial charge on any atom is -0.381 e. The van der Waals surface area contributed by atoms with Crippen molar-refractivity contribution in [2.45, 2.75) is 19.3 Å². The van der Waals surface area contributed by atoms with Crippen molar-refractivity contribution in [3.63, 3.8) is 0 Å². The van der Waals surface area contributed by atoms with Gasteiger partial charge in [0.1, 0.15) is 0 Å². The molecule has 86 valence electrons. The highest BCUT2D eigenvalue weighted by Gasteiger charge is 2.30. The van der Waals surface area contributed by atoms with Crippen LogP contribution in [0.2, 0.25) is 0 Å². The minimum absolute atomic E-state index is 0.110. The van der Waals surface area contributed by atoms with E-state index >= 15 is 0 Å². The maximum atomic E-state index is 12.1. The first-order valence-electron chi connectivity index (χ1n) is 5.73. The zero-order valence-corrected chi connectivity index (χ0v) is 9.71. The van der Waals surface area contributed by atoms with E-state index in [1.165, 1.54) is 0 Å². The molecule has 0 spiro atoms.